The maximum absolute atomic E-state index is 12.2. The number of anilines is 1. The number of nitrogens with zero attached hydrogens (tertiary/aromatic N) is 5. The Morgan fingerprint density at radius 1 is 1.08 bits per heavy atom. The van der Waals surface area contributed by atoms with Crippen molar-refractivity contribution in [2.45, 2.75) is 45.3 Å². The fourth-order valence-electron chi connectivity index (χ4n) is 2.99. The molecule has 0 aliphatic rings. The van der Waals surface area contributed by atoms with E-state index < -0.39 is 9.84 Å². The minimum atomic E-state index is -3.45. The average Bonchev–Trinajstić information content (AvgIpc) is 2.95. The van der Waals surface area contributed by atoms with Gasteiger partial charge in [0.05, 0.1) is 11.3 Å². The molecule has 138 valence electrons. The average molecular weight is 374 g/mol. The van der Waals surface area contributed by atoms with Crippen LogP contribution in [0.3, 0.4) is 0 Å². The number of nitrogens with two attached hydrogens (primary N) is 1. The van der Waals surface area contributed by atoms with Crippen molar-refractivity contribution in [3.8, 4) is 0 Å². The number of nitrogen functional groups attached to an aromatic ring is 1. The van der Waals surface area contributed by atoms with E-state index in [1.807, 2.05) is 20.8 Å². The zero-order chi connectivity index (χ0) is 18.9. The second-order valence-electron chi connectivity index (χ2n) is 6.27. The number of hydrogen-bond donors (Lipinski definition) is 1. The van der Waals surface area contributed by atoms with E-state index in [1.165, 1.54) is 12.4 Å². The van der Waals surface area contributed by atoms with Crippen LogP contribution in [0.15, 0.2) is 23.6 Å². The highest BCUT2D eigenvalue weighted by Crippen LogP contribution is 2.26. The number of unbranched alkanes of at least 4 members (excludes halogenated alkanes) is 1. The molecule has 0 amide bonds. The smallest absolute Gasteiger partial charge is 0.246 e. The first-order valence-corrected chi connectivity index (χ1v) is 10.1. The van der Waals surface area contributed by atoms with Gasteiger partial charge in [-0.25, -0.2) is 28.4 Å². The zero-order valence-electron chi connectivity index (χ0n) is 15.1. The molecule has 0 saturated carbocycles. The summed E-state index contributed by atoms with van der Waals surface area (Å²) in [7, 11) is -3.45. The maximum Gasteiger partial charge on any atom is 0.246 e. The quantitative estimate of drug-likeness (QED) is 0.518. The molecule has 0 aromatic carbocycles. The summed E-state index contributed by atoms with van der Waals surface area (Å²) in [5, 5.41) is -0.116. The third-order valence-electron chi connectivity index (χ3n) is 4.45. The van der Waals surface area contributed by atoms with Gasteiger partial charge in [-0.15, -0.1) is 0 Å². The largest absolute Gasteiger partial charge is 0.382 e. The van der Waals surface area contributed by atoms with E-state index in [4.69, 9.17) is 5.73 Å². The van der Waals surface area contributed by atoms with Gasteiger partial charge in [0.15, 0.2) is 5.82 Å². The summed E-state index contributed by atoms with van der Waals surface area (Å²) in [4.78, 5) is 16.5. The van der Waals surface area contributed by atoms with Crippen molar-refractivity contribution in [2.24, 2.45) is 0 Å². The van der Waals surface area contributed by atoms with Crippen LogP contribution in [0.2, 0.25) is 0 Å². The fraction of sp³-hybridized carbons (Fsp3) is 0.412. The van der Waals surface area contributed by atoms with Crippen LogP contribution in [0.4, 0.5) is 5.82 Å². The van der Waals surface area contributed by atoms with Gasteiger partial charge < -0.3 is 10.3 Å². The Labute approximate surface area is 152 Å². The summed E-state index contributed by atoms with van der Waals surface area (Å²) in [6.07, 6.45) is 4.08. The molecular weight excluding hydrogens is 352 g/mol. The van der Waals surface area contributed by atoms with Crippen molar-refractivity contribution in [1.29, 1.82) is 0 Å². The summed E-state index contributed by atoms with van der Waals surface area (Å²) in [5.41, 5.74) is 9.60. The van der Waals surface area contributed by atoms with E-state index in [0.717, 1.165) is 22.6 Å². The van der Waals surface area contributed by atoms with Gasteiger partial charge in [-0.3, -0.25) is 0 Å². The van der Waals surface area contributed by atoms with E-state index >= 15 is 0 Å². The Morgan fingerprint density at radius 2 is 1.77 bits per heavy atom. The Balaban J connectivity index is 1.74. The van der Waals surface area contributed by atoms with Crippen molar-refractivity contribution in [2.75, 3.05) is 11.5 Å². The third-order valence-corrected chi connectivity index (χ3v) is 6.05. The minimum absolute atomic E-state index is 0.0182. The lowest BCUT2D eigenvalue weighted by Crippen LogP contribution is -2.11. The second kappa shape index (κ2) is 6.99. The van der Waals surface area contributed by atoms with Gasteiger partial charge in [0.25, 0.3) is 0 Å². The molecule has 0 unspecified atom stereocenters. The molecule has 0 spiro atoms. The Kier molecular flexibility index (Phi) is 4.90. The molecule has 0 radical (unpaired) electrons. The van der Waals surface area contributed by atoms with Crippen molar-refractivity contribution < 1.29 is 8.42 Å². The second-order valence-corrected chi connectivity index (χ2v) is 8.28. The molecule has 0 atom stereocenters. The Bertz CT molecular complexity index is 1040. The van der Waals surface area contributed by atoms with Gasteiger partial charge in [0.2, 0.25) is 15.0 Å². The SMILES string of the molecule is Cc1nc(N)c2nc(C)n(CCCCS(=O)(=O)c3ncccn3)c2c1C. The summed E-state index contributed by atoms with van der Waals surface area (Å²) in [6, 6.07) is 1.59. The Hall–Kier alpha value is -2.55. The number of hydrogen-bond acceptors (Lipinski definition) is 7. The lowest BCUT2D eigenvalue weighted by Gasteiger charge is -2.10. The number of pyridine rings is 1. The number of imidazole rings is 1. The number of aryl methyl sites for hydroxylation is 4. The van der Waals surface area contributed by atoms with E-state index in [1.54, 1.807) is 6.07 Å². The minimum Gasteiger partial charge on any atom is -0.382 e. The van der Waals surface area contributed by atoms with Crippen LogP contribution in [0.5, 0.6) is 0 Å². The van der Waals surface area contributed by atoms with Crippen LogP contribution in [0, 0.1) is 20.8 Å². The van der Waals surface area contributed by atoms with Crippen LogP contribution in [0.1, 0.15) is 29.9 Å². The first-order chi connectivity index (χ1) is 12.3. The third kappa shape index (κ3) is 3.39. The molecule has 3 heterocycles. The standard InChI is InChI=1S/C17H22N6O2S/c1-11-12(2)21-16(18)14-15(11)23(13(3)22-14)9-4-5-10-26(24,25)17-19-7-6-8-20-17/h6-8H,4-5,9-10H2,1-3H3,(H2,18,21). The number of rotatable bonds is 6. The highest BCUT2D eigenvalue weighted by molar-refractivity contribution is 7.91. The number of aromatic nitrogens is 5. The number of fused-ring (bicyclic) bond motifs is 1. The molecule has 0 bridgehead atoms. The highest BCUT2D eigenvalue weighted by atomic mass is 32.2. The molecule has 2 N–H and O–H groups in total. The van der Waals surface area contributed by atoms with Crippen LogP contribution in [-0.4, -0.2) is 38.7 Å². The lowest BCUT2D eigenvalue weighted by atomic mass is 10.2. The predicted molar refractivity (Wildman–Crippen MR) is 99.5 cm³/mol. The van der Waals surface area contributed by atoms with E-state index in [0.29, 0.717) is 30.7 Å². The van der Waals surface area contributed by atoms with Crippen LogP contribution >= 0.6 is 0 Å². The summed E-state index contributed by atoms with van der Waals surface area (Å²) < 4.78 is 26.6. The van der Waals surface area contributed by atoms with E-state index in [2.05, 4.69) is 24.5 Å². The van der Waals surface area contributed by atoms with Crippen molar-refractivity contribution in [3.63, 3.8) is 0 Å². The van der Waals surface area contributed by atoms with Crippen LogP contribution in [0.25, 0.3) is 11.0 Å². The monoisotopic (exact) mass is 374 g/mol. The fourth-order valence-corrected chi connectivity index (χ4v) is 4.19. The van der Waals surface area contributed by atoms with E-state index in [9.17, 15) is 8.42 Å². The van der Waals surface area contributed by atoms with Gasteiger partial charge >= 0.3 is 0 Å². The zero-order valence-corrected chi connectivity index (χ0v) is 15.9. The molecule has 3 aromatic rings. The first-order valence-electron chi connectivity index (χ1n) is 8.40. The Morgan fingerprint density at radius 3 is 2.46 bits per heavy atom. The van der Waals surface area contributed by atoms with E-state index in [-0.39, 0.29) is 10.9 Å². The molecule has 9 heteroatoms. The topological polar surface area (TPSA) is 117 Å². The molecule has 3 aromatic heterocycles. The van der Waals surface area contributed by atoms with Crippen LogP contribution in [-0.2, 0) is 16.4 Å². The van der Waals surface area contributed by atoms with Gasteiger partial charge in [0.1, 0.15) is 11.3 Å². The molecule has 8 nitrogen and oxygen atoms in total. The van der Waals surface area contributed by atoms with Gasteiger partial charge in [0, 0.05) is 24.6 Å². The van der Waals surface area contributed by atoms with Gasteiger partial charge in [-0.1, -0.05) is 0 Å². The molecule has 0 aliphatic carbocycles. The first kappa shape index (κ1) is 18.2. The van der Waals surface area contributed by atoms with Gasteiger partial charge in [-0.2, -0.15) is 0 Å². The maximum atomic E-state index is 12.2. The molecule has 26 heavy (non-hydrogen) atoms. The predicted octanol–water partition coefficient (Wildman–Crippen LogP) is 1.98. The molecular formula is C17H22N6O2S. The lowest BCUT2D eigenvalue weighted by molar-refractivity contribution is 0.575. The number of sulfone groups is 1. The normalized spacial score (nSPS) is 12.0. The summed E-state index contributed by atoms with van der Waals surface area (Å²) in [6.45, 7) is 6.50. The molecule has 0 fully saturated rings. The summed E-state index contributed by atoms with van der Waals surface area (Å²) in [5.74, 6) is 1.29. The molecule has 3 rings (SSSR count). The van der Waals surface area contributed by atoms with Crippen LogP contribution < -0.4 is 5.73 Å². The highest BCUT2D eigenvalue weighted by Gasteiger charge is 2.18. The molecule has 0 saturated heterocycles. The van der Waals surface area contributed by atoms with Crippen molar-refractivity contribution >= 4 is 26.7 Å². The summed E-state index contributed by atoms with van der Waals surface area (Å²) >= 11 is 0. The van der Waals surface area contributed by atoms with Crippen molar-refractivity contribution in [1.82, 2.24) is 24.5 Å². The van der Waals surface area contributed by atoms with Crippen molar-refractivity contribution in [3.05, 3.63) is 35.5 Å². The molecule has 0 aliphatic heterocycles. The van der Waals surface area contributed by atoms with Gasteiger partial charge in [-0.05, 0) is 45.2 Å².